The van der Waals surface area contributed by atoms with E-state index in [-0.39, 0.29) is 60.2 Å². The molecule has 1 heterocycles. The summed E-state index contributed by atoms with van der Waals surface area (Å²) in [4.78, 5) is 28.9. The summed E-state index contributed by atoms with van der Waals surface area (Å²) in [6, 6.07) is 6.35. The Morgan fingerprint density at radius 1 is 1.33 bits per heavy atom. The van der Waals surface area contributed by atoms with Crippen LogP contribution in [0.5, 0.6) is 0 Å². The average Bonchev–Trinajstić information content (AvgIpc) is 3.35. The lowest BCUT2D eigenvalue weighted by molar-refractivity contribution is -0.124. The molecule has 0 spiro atoms. The van der Waals surface area contributed by atoms with Gasteiger partial charge < -0.3 is 16.0 Å². The predicted molar refractivity (Wildman–Crippen MR) is 112 cm³/mol. The third kappa shape index (κ3) is 5.30. The van der Waals surface area contributed by atoms with E-state index in [9.17, 15) is 14.0 Å². The maximum Gasteiger partial charge on any atom is 0.324 e. The fourth-order valence-corrected chi connectivity index (χ4v) is 3.05. The molecule has 148 valence electrons. The minimum absolute atomic E-state index is 0. The summed E-state index contributed by atoms with van der Waals surface area (Å²) in [7, 11) is 0. The van der Waals surface area contributed by atoms with Gasteiger partial charge in [-0.05, 0) is 37.5 Å². The van der Waals surface area contributed by atoms with Gasteiger partial charge in [0.25, 0.3) is 0 Å². The first kappa shape index (κ1) is 21.4. The lowest BCUT2D eigenvalue weighted by atomic mass is 9.96. The lowest BCUT2D eigenvalue weighted by Crippen LogP contribution is -2.43. The molecule has 3 amide bonds. The zero-order valence-electron chi connectivity index (χ0n) is 15.3. The van der Waals surface area contributed by atoms with Gasteiger partial charge in [-0.2, -0.15) is 0 Å². The van der Waals surface area contributed by atoms with E-state index in [1.165, 1.54) is 11.0 Å². The van der Waals surface area contributed by atoms with Crippen molar-refractivity contribution >= 4 is 41.9 Å². The van der Waals surface area contributed by atoms with Crippen LogP contribution in [0.1, 0.15) is 25.3 Å². The van der Waals surface area contributed by atoms with Gasteiger partial charge in [0.2, 0.25) is 5.91 Å². The number of halogens is 2. The van der Waals surface area contributed by atoms with Crippen LogP contribution < -0.4 is 16.0 Å². The zero-order valence-corrected chi connectivity index (χ0v) is 17.6. The van der Waals surface area contributed by atoms with Gasteiger partial charge in [0, 0.05) is 25.0 Å². The number of urea groups is 1. The first-order valence-electron chi connectivity index (χ1n) is 8.90. The fourth-order valence-electron chi connectivity index (χ4n) is 3.05. The van der Waals surface area contributed by atoms with E-state index in [2.05, 4.69) is 20.9 Å². The van der Waals surface area contributed by atoms with E-state index >= 15 is 0 Å². The maximum atomic E-state index is 13.5. The summed E-state index contributed by atoms with van der Waals surface area (Å²) in [6.45, 7) is 3.98. The van der Waals surface area contributed by atoms with Crippen LogP contribution in [0.3, 0.4) is 0 Å². The number of nitrogens with zero attached hydrogens (tertiary/aromatic N) is 2. The SMILES string of the molecule is CCNC(=NCC1(c2cccc(F)c2)CC1)NCCN1C(=O)CNC1=O.I. The van der Waals surface area contributed by atoms with Crippen LogP contribution in [0, 0.1) is 5.82 Å². The highest BCUT2D eigenvalue weighted by Crippen LogP contribution is 2.48. The number of nitrogens with one attached hydrogen (secondary N) is 3. The van der Waals surface area contributed by atoms with E-state index in [0.29, 0.717) is 25.6 Å². The number of benzene rings is 1. The Kier molecular flexibility index (Phi) is 7.40. The second-order valence-electron chi connectivity index (χ2n) is 6.62. The van der Waals surface area contributed by atoms with Crippen LogP contribution in [-0.4, -0.2) is 55.5 Å². The Bertz CT molecular complexity index is 707. The van der Waals surface area contributed by atoms with Gasteiger partial charge in [-0.1, -0.05) is 12.1 Å². The van der Waals surface area contributed by atoms with Crippen molar-refractivity contribution in [3.8, 4) is 0 Å². The van der Waals surface area contributed by atoms with Gasteiger partial charge in [0.15, 0.2) is 5.96 Å². The van der Waals surface area contributed by atoms with Crippen molar-refractivity contribution in [1.29, 1.82) is 0 Å². The Labute approximate surface area is 175 Å². The Balaban J connectivity index is 0.00000261. The lowest BCUT2D eigenvalue weighted by Gasteiger charge is -2.17. The normalized spacial score (nSPS) is 18.0. The van der Waals surface area contributed by atoms with Gasteiger partial charge in [-0.25, -0.2) is 9.18 Å². The highest BCUT2D eigenvalue weighted by atomic mass is 127. The Hall–Kier alpha value is -1.91. The van der Waals surface area contributed by atoms with Gasteiger partial charge in [-0.3, -0.25) is 14.7 Å². The smallest absolute Gasteiger partial charge is 0.324 e. The molecule has 1 aliphatic heterocycles. The summed E-state index contributed by atoms with van der Waals surface area (Å²) < 4.78 is 13.5. The molecule has 2 fully saturated rings. The van der Waals surface area contributed by atoms with Crippen molar-refractivity contribution in [2.75, 3.05) is 32.7 Å². The average molecular weight is 489 g/mol. The quantitative estimate of drug-likeness (QED) is 0.235. The van der Waals surface area contributed by atoms with Gasteiger partial charge in [-0.15, -0.1) is 24.0 Å². The van der Waals surface area contributed by atoms with Crippen LogP contribution in [0.15, 0.2) is 29.3 Å². The molecular weight excluding hydrogens is 464 g/mol. The van der Waals surface area contributed by atoms with Crippen LogP contribution >= 0.6 is 24.0 Å². The highest BCUT2D eigenvalue weighted by Gasteiger charge is 2.44. The molecule has 0 unspecified atom stereocenters. The number of hydrogen-bond donors (Lipinski definition) is 3. The molecule has 7 nitrogen and oxygen atoms in total. The van der Waals surface area contributed by atoms with E-state index in [1.54, 1.807) is 12.1 Å². The van der Waals surface area contributed by atoms with Crippen molar-refractivity contribution < 1.29 is 14.0 Å². The molecule has 0 aromatic heterocycles. The summed E-state index contributed by atoms with van der Waals surface area (Å²) in [5.74, 6) is 0.181. The minimum Gasteiger partial charge on any atom is -0.357 e. The van der Waals surface area contributed by atoms with E-state index < -0.39 is 0 Å². The van der Waals surface area contributed by atoms with Crippen molar-refractivity contribution in [3.63, 3.8) is 0 Å². The molecule has 3 N–H and O–H groups in total. The van der Waals surface area contributed by atoms with Crippen LogP contribution in [0.4, 0.5) is 9.18 Å². The second-order valence-corrected chi connectivity index (χ2v) is 6.62. The Morgan fingerprint density at radius 3 is 2.70 bits per heavy atom. The predicted octanol–water partition coefficient (Wildman–Crippen LogP) is 1.58. The van der Waals surface area contributed by atoms with Crippen molar-refractivity contribution in [2.24, 2.45) is 4.99 Å². The number of carbonyl (C=O) groups excluding carboxylic acids is 2. The van der Waals surface area contributed by atoms with Gasteiger partial charge in [0.1, 0.15) is 5.82 Å². The molecule has 0 bridgehead atoms. The molecular formula is C18H25FIN5O2. The third-order valence-electron chi connectivity index (χ3n) is 4.74. The minimum atomic E-state index is -0.359. The summed E-state index contributed by atoms with van der Waals surface area (Å²) in [5.41, 5.74) is 0.895. The molecule has 1 aromatic rings. The molecule has 0 atom stereocenters. The number of hydrogen-bond acceptors (Lipinski definition) is 3. The summed E-state index contributed by atoms with van der Waals surface area (Å²) in [5, 5.41) is 8.79. The highest BCUT2D eigenvalue weighted by molar-refractivity contribution is 14.0. The topological polar surface area (TPSA) is 85.8 Å². The monoisotopic (exact) mass is 489 g/mol. The number of carbonyl (C=O) groups is 2. The van der Waals surface area contributed by atoms with Crippen LogP contribution in [0.25, 0.3) is 0 Å². The van der Waals surface area contributed by atoms with Crippen LogP contribution in [-0.2, 0) is 10.2 Å². The molecule has 27 heavy (non-hydrogen) atoms. The number of imide groups is 1. The summed E-state index contributed by atoms with van der Waals surface area (Å²) >= 11 is 0. The molecule has 1 saturated carbocycles. The molecule has 0 radical (unpaired) electrons. The number of guanidine groups is 1. The first-order chi connectivity index (χ1) is 12.5. The van der Waals surface area contributed by atoms with Crippen molar-refractivity contribution in [1.82, 2.24) is 20.9 Å². The summed E-state index contributed by atoms with van der Waals surface area (Å²) in [6.07, 6.45) is 1.98. The largest absolute Gasteiger partial charge is 0.357 e. The van der Waals surface area contributed by atoms with Gasteiger partial charge in [0.05, 0.1) is 13.1 Å². The molecule has 2 aliphatic rings. The first-order valence-corrected chi connectivity index (χ1v) is 8.90. The number of amides is 3. The Morgan fingerprint density at radius 2 is 2.11 bits per heavy atom. The fraction of sp³-hybridized carbons (Fsp3) is 0.500. The maximum absolute atomic E-state index is 13.5. The van der Waals surface area contributed by atoms with Crippen molar-refractivity contribution in [2.45, 2.75) is 25.2 Å². The molecule has 3 rings (SSSR count). The van der Waals surface area contributed by atoms with Gasteiger partial charge >= 0.3 is 6.03 Å². The molecule has 1 aliphatic carbocycles. The van der Waals surface area contributed by atoms with E-state index in [0.717, 1.165) is 18.4 Å². The molecule has 1 saturated heterocycles. The molecule has 9 heteroatoms. The third-order valence-corrected chi connectivity index (χ3v) is 4.74. The molecule has 1 aromatic carbocycles. The second kappa shape index (κ2) is 9.34. The van der Waals surface area contributed by atoms with E-state index in [1.807, 2.05) is 13.0 Å². The van der Waals surface area contributed by atoms with Crippen molar-refractivity contribution in [3.05, 3.63) is 35.6 Å². The standard InChI is InChI=1S/C18H24FN5O2.HI/c1-2-20-16(21-8-9-24-15(25)11-22-17(24)26)23-12-18(6-7-18)13-4-3-5-14(19)10-13;/h3-5,10H,2,6-9,11-12H2,1H3,(H,22,26)(H2,20,21,23);1H. The number of aliphatic imine (C=N–C) groups is 1. The van der Waals surface area contributed by atoms with Crippen LogP contribution in [0.2, 0.25) is 0 Å². The number of rotatable bonds is 7. The zero-order chi connectivity index (χ0) is 18.6. The van der Waals surface area contributed by atoms with E-state index in [4.69, 9.17) is 0 Å².